The lowest BCUT2D eigenvalue weighted by Gasteiger charge is -2.18. The Labute approximate surface area is 184 Å². The Balaban J connectivity index is 1.20. The standard InChI is InChI=1S/C25H22N2O5/c1-2-31-24(30)15-5-3-4-14(12-15)19-9-6-16(32-19)13-26-27-22(28)20-17-7-8-18(21(20)23(27)29)25(17)10-11-25/h3-9,12-13,17-18,20-21H,2,10-11H2,1H3/b26-13+. The van der Waals surface area contributed by atoms with Crippen LogP contribution in [0.1, 0.15) is 35.9 Å². The maximum atomic E-state index is 13.0. The highest BCUT2D eigenvalue weighted by molar-refractivity contribution is 6.07. The van der Waals surface area contributed by atoms with Crippen molar-refractivity contribution in [1.82, 2.24) is 5.01 Å². The number of imide groups is 1. The number of benzene rings is 1. The number of esters is 1. The molecule has 1 aromatic carbocycles. The van der Waals surface area contributed by atoms with E-state index in [1.165, 1.54) is 6.21 Å². The number of amides is 2. The number of furan rings is 1. The number of hydrogen-bond donors (Lipinski definition) is 0. The minimum absolute atomic E-state index is 0.171. The summed E-state index contributed by atoms with van der Waals surface area (Å²) in [4.78, 5) is 38.0. The molecule has 162 valence electrons. The van der Waals surface area contributed by atoms with Crippen molar-refractivity contribution in [3.8, 4) is 11.3 Å². The molecule has 0 N–H and O–H groups in total. The van der Waals surface area contributed by atoms with Crippen LogP contribution >= 0.6 is 0 Å². The molecule has 2 heterocycles. The van der Waals surface area contributed by atoms with Crippen LogP contribution in [0.4, 0.5) is 0 Å². The zero-order valence-electron chi connectivity index (χ0n) is 17.6. The Bertz CT molecular complexity index is 1170. The quantitative estimate of drug-likeness (QED) is 0.313. The minimum Gasteiger partial charge on any atom is -0.462 e. The largest absolute Gasteiger partial charge is 0.462 e. The molecule has 4 unspecified atom stereocenters. The van der Waals surface area contributed by atoms with Crippen molar-refractivity contribution in [2.45, 2.75) is 19.8 Å². The molecule has 6 rings (SSSR count). The predicted molar refractivity (Wildman–Crippen MR) is 114 cm³/mol. The summed E-state index contributed by atoms with van der Waals surface area (Å²) < 4.78 is 10.9. The minimum atomic E-state index is -0.393. The van der Waals surface area contributed by atoms with Crippen LogP contribution in [0.15, 0.2) is 58.1 Å². The number of hydrogen-bond acceptors (Lipinski definition) is 6. The smallest absolute Gasteiger partial charge is 0.338 e. The Morgan fingerprint density at radius 3 is 2.53 bits per heavy atom. The van der Waals surface area contributed by atoms with Crippen molar-refractivity contribution in [1.29, 1.82) is 0 Å². The molecule has 7 nitrogen and oxygen atoms in total. The van der Waals surface area contributed by atoms with Crippen molar-refractivity contribution in [2.24, 2.45) is 34.2 Å². The Hall–Kier alpha value is -3.48. The van der Waals surface area contributed by atoms with E-state index in [1.807, 2.05) is 6.07 Å². The second kappa shape index (κ2) is 6.76. The van der Waals surface area contributed by atoms with Crippen LogP contribution in [0.5, 0.6) is 0 Å². The van der Waals surface area contributed by atoms with Crippen molar-refractivity contribution in [2.75, 3.05) is 6.61 Å². The number of ether oxygens (including phenoxy) is 1. The lowest BCUT2D eigenvalue weighted by Crippen LogP contribution is -2.30. The van der Waals surface area contributed by atoms with E-state index in [0.29, 0.717) is 23.7 Å². The zero-order valence-corrected chi connectivity index (χ0v) is 17.6. The summed E-state index contributed by atoms with van der Waals surface area (Å²) >= 11 is 0. The van der Waals surface area contributed by atoms with E-state index in [1.54, 1.807) is 37.3 Å². The molecule has 1 aliphatic heterocycles. The van der Waals surface area contributed by atoms with E-state index >= 15 is 0 Å². The second-order valence-electron chi connectivity index (χ2n) is 8.96. The van der Waals surface area contributed by atoms with Crippen molar-refractivity contribution in [3.05, 3.63) is 59.9 Å². The summed E-state index contributed by atoms with van der Waals surface area (Å²) in [5.74, 6) is -0.0142. The number of nitrogens with zero attached hydrogens (tertiary/aromatic N) is 2. The molecule has 1 spiro atoms. The molecule has 4 atom stereocenters. The van der Waals surface area contributed by atoms with Gasteiger partial charge in [0, 0.05) is 5.56 Å². The lowest BCUT2D eigenvalue weighted by atomic mass is 9.85. The molecule has 7 heteroatoms. The maximum Gasteiger partial charge on any atom is 0.338 e. The monoisotopic (exact) mass is 430 g/mol. The van der Waals surface area contributed by atoms with Gasteiger partial charge >= 0.3 is 5.97 Å². The zero-order chi connectivity index (χ0) is 22.0. The number of carbonyl (C=O) groups is 3. The van der Waals surface area contributed by atoms with E-state index < -0.39 is 5.97 Å². The fraction of sp³-hybridized carbons (Fsp3) is 0.360. The normalized spacial score (nSPS) is 28.8. The van der Waals surface area contributed by atoms with Gasteiger partial charge in [-0.25, -0.2) is 4.79 Å². The SMILES string of the molecule is CCOC(=O)c1cccc(-c2ccc(/C=N/N3C(=O)C4C(C3=O)C3C=CC4C34CC4)o2)c1. The molecular weight excluding hydrogens is 408 g/mol. The Morgan fingerprint density at radius 1 is 1.16 bits per heavy atom. The van der Waals surface area contributed by atoms with E-state index in [0.717, 1.165) is 23.4 Å². The second-order valence-corrected chi connectivity index (χ2v) is 8.96. The molecule has 2 bridgehead atoms. The van der Waals surface area contributed by atoms with Gasteiger partial charge in [-0.2, -0.15) is 10.1 Å². The lowest BCUT2D eigenvalue weighted by molar-refractivity contribution is -0.141. The van der Waals surface area contributed by atoms with Crippen LogP contribution in [0.2, 0.25) is 0 Å². The number of carbonyl (C=O) groups excluding carboxylic acids is 3. The fourth-order valence-electron chi connectivity index (χ4n) is 5.88. The highest BCUT2D eigenvalue weighted by Crippen LogP contribution is 2.73. The van der Waals surface area contributed by atoms with Crippen molar-refractivity contribution < 1.29 is 23.5 Å². The van der Waals surface area contributed by atoms with Gasteiger partial charge in [0.25, 0.3) is 11.8 Å². The van der Waals surface area contributed by atoms with Gasteiger partial charge in [0.1, 0.15) is 11.5 Å². The molecule has 32 heavy (non-hydrogen) atoms. The van der Waals surface area contributed by atoms with Gasteiger partial charge in [-0.15, -0.1) is 0 Å². The first-order valence-electron chi connectivity index (χ1n) is 11.0. The first-order chi connectivity index (χ1) is 15.5. The van der Waals surface area contributed by atoms with Crippen LogP contribution < -0.4 is 0 Å². The molecule has 2 aromatic rings. The fourth-order valence-corrected chi connectivity index (χ4v) is 5.88. The number of hydrazone groups is 1. The van der Waals surface area contributed by atoms with Gasteiger partial charge in [-0.1, -0.05) is 24.3 Å². The topological polar surface area (TPSA) is 89.2 Å². The average Bonchev–Trinajstić information content (AvgIpc) is 3.08. The van der Waals surface area contributed by atoms with E-state index in [2.05, 4.69) is 17.3 Å². The van der Waals surface area contributed by atoms with Gasteiger partial charge in [0.05, 0.1) is 30.2 Å². The number of allylic oxidation sites excluding steroid dienone is 2. The van der Waals surface area contributed by atoms with E-state index in [9.17, 15) is 14.4 Å². The Kier molecular flexibility index (Phi) is 4.06. The highest BCUT2D eigenvalue weighted by Gasteiger charge is 2.73. The van der Waals surface area contributed by atoms with E-state index in [-0.39, 0.29) is 40.9 Å². The van der Waals surface area contributed by atoms with Crippen molar-refractivity contribution >= 4 is 24.0 Å². The third-order valence-electron chi connectivity index (χ3n) is 7.41. The summed E-state index contributed by atoms with van der Waals surface area (Å²) in [6, 6.07) is 10.4. The third-order valence-corrected chi connectivity index (χ3v) is 7.41. The number of fused-ring (bicyclic) bond motifs is 3. The van der Waals surface area contributed by atoms with E-state index in [4.69, 9.17) is 9.15 Å². The summed E-state index contributed by atoms with van der Waals surface area (Å²) in [6.07, 6.45) is 7.90. The molecule has 2 amide bonds. The summed E-state index contributed by atoms with van der Waals surface area (Å²) in [5.41, 5.74) is 1.33. The van der Waals surface area contributed by atoms with Crippen LogP contribution in [0, 0.1) is 29.1 Å². The van der Waals surface area contributed by atoms with Crippen LogP contribution in [0.25, 0.3) is 11.3 Å². The molecule has 1 aromatic heterocycles. The molecule has 1 saturated heterocycles. The summed E-state index contributed by atoms with van der Waals surface area (Å²) in [5, 5.41) is 5.22. The molecule has 0 radical (unpaired) electrons. The van der Waals surface area contributed by atoms with Gasteiger partial charge in [-0.05, 0) is 61.3 Å². The van der Waals surface area contributed by atoms with Crippen LogP contribution in [0.3, 0.4) is 0 Å². The molecule has 4 aliphatic rings. The van der Waals surface area contributed by atoms with Gasteiger partial charge < -0.3 is 9.15 Å². The third kappa shape index (κ3) is 2.60. The van der Waals surface area contributed by atoms with Gasteiger partial charge in [0.2, 0.25) is 0 Å². The molecule has 2 saturated carbocycles. The number of rotatable bonds is 5. The molecular formula is C25H22N2O5. The van der Waals surface area contributed by atoms with Crippen molar-refractivity contribution in [3.63, 3.8) is 0 Å². The van der Waals surface area contributed by atoms with Crippen LogP contribution in [-0.4, -0.2) is 35.6 Å². The summed E-state index contributed by atoms with van der Waals surface area (Å²) in [6.45, 7) is 2.06. The first kappa shape index (κ1) is 19.2. The highest BCUT2D eigenvalue weighted by atomic mass is 16.5. The predicted octanol–water partition coefficient (Wildman–Crippen LogP) is 3.65. The average molecular weight is 430 g/mol. The van der Waals surface area contributed by atoms with Crippen LogP contribution in [-0.2, 0) is 14.3 Å². The Morgan fingerprint density at radius 2 is 1.88 bits per heavy atom. The summed E-state index contributed by atoms with van der Waals surface area (Å²) in [7, 11) is 0. The molecule has 3 fully saturated rings. The maximum absolute atomic E-state index is 13.0. The first-order valence-corrected chi connectivity index (χ1v) is 11.0. The van der Waals surface area contributed by atoms with Gasteiger partial charge in [-0.3, -0.25) is 9.59 Å². The molecule has 3 aliphatic carbocycles. The van der Waals surface area contributed by atoms with Gasteiger partial charge in [0.15, 0.2) is 0 Å².